The van der Waals surface area contributed by atoms with Gasteiger partial charge in [-0.15, -0.1) is 0 Å². The molecule has 3 aromatic rings. The molecule has 1 aromatic carbocycles. The second kappa shape index (κ2) is 8.93. The summed E-state index contributed by atoms with van der Waals surface area (Å²) in [4.78, 5) is 31.6. The Balaban J connectivity index is 1.59. The molecule has 3 heterocycles. The third-order valence-electron chi connectivity index (χ3n) is 5.82. The van der Waals surface area contributed by atoms with E-state index in [9.17, 15) is 18.0 Å². The number of aromatic nitrogens is 3. The molecule has 0 N–H and O–H groups in total. The summed E-state index contributed by atoms with van der Waals surface area (Å²) in [5, 5.41) is 4.91. The van der Waals surface area contributed by atoms with Gasteiger partial charge < -0.3 is 9.64 Å². The van der Waals surface area contributed by atoms with Crippen LogP contribution in [0.3, 0.4) is 0 Å². The molecule has 0 bridgehead atoms. The van der Waals surface area contributed by atoms with Gasteiger partial charge in [-0.1, -0.05) is 30.3 Å². The molecule has 2 aromatic heterocycles. The third kappa shape index (κ3) is 4.75. The van der Waals surface area contributed by atoms with E-state index in [-0.39, 0.29) is 23.1 Å². The van der Waals surface area contributed by atoms with E-state index in [4.69, 9.17) is 9.72 Å². The van der Waals surface area contributed by atoms with Crippen molar-refractivity contribution in [2.45, 2.75) is 32.4 Å². The SMILES string of the molecule is CC(C)n1ncc2c(C(=O)OCC(=O)N(C)C3CCS(=O)(=O)C3)cc(-c3ccccc3)nc21. The molecular formula is C23H26N4O5S. The number of likely N-dealkylation sites (N-methyl/N-ethyl adjacent to an activating group) is 1. The first-order valence-corrected chi connectivity index (χ1v) is 12.6. The first kappa shape index (κ1) is 22.9. The van der Waals surface area contributed by atoms with Gasteiger partial charge in [0.15, 0.2) is 22.1 Å². The summed E-state index contributed by atoms with van der Waals surface area (Å²) in [5.74, 6) is -1.12. The number of hydrogen-bond donors (Lipinski definition) is 0. The largest absolute Gasteiger partial charge is 0.452 e. The molecule has 0 saturated carbocycles. The van der Waals surface area contributed by atoms with Crippen molar-refractivity contribution in [3.8, 4) is 11.3 Å². The molecule has 4 rings (SSSR count). The molecule has 1 amide bonds. The van der Waals surface area contributed by atoms with E-state index in [1.54, 1.807) is 16.9 Å². The summed E-state index contributed by atoms with van der Waals surface area (Å²) in [5.41, 5.74) is 2.25. The molecule has 0 radical (unpaired) electrons. The Hall–Kier alpha value is -3.27. The third-order valence-corrected chi connectivity index (χ3v) is 7.57. The number of hydrogen-bond acceptors (Lipinski definition) is 7. The van der Waals surface area contributed by atoms with Crippen LogP contribution in [-0.2, 0) is 19.4 Å². The predicted octanol–water partition coefficient (Wildman–Crippen LogP) is 2.48. The van der Waals surface area contributed by atoms with Gasteiger partial charge in [0, 0.05) is 24.7 Å². The molecule has 1 aliphatic rings. The maximum atomic E-state index is 13.0. The molecular weight excluding hydrogens is 444 g/mol. The van der Waals surface area contributed by atoms with Crippen LogP contribution in [0.15, 0.2) is 42.6 Å². The predicted molar refractivity (Wildman–Crippen MR) is 123 cm³/mol. The summed E-state index contributed by atoms with van der Waals surface area (Å²) < 4.78 is 30.5. The Labute approximate surface area is 192 Å². The van der Waals surface area contributed by atoms with Crippen molar-refractivity contribution >= 4 is 32.7 Å². The molecule has 9 nitrogen and oxygen atoms in total. The molecule has 0 aliphatic carbocycles. The number of rotatable bonds is 6. The van der Waals surface area contributed by atoms with Crippen molar-refractivity contribution in [1.82, 2.24) is 19.7 Å². The Morgan fingerprint density at radius 3 is 2.61 bits per heavy atom. The quantitative estimate of drug-likeness (QED) is 0.509. The van der Waals surface area contributed by atoms with E-state index in [0.717, 1.165) is 5.56 Å². The topological polar surface area (TPSA) is 111 Å². The normalized spacial score (nSPS) is 17.4. The van der Waals surface area contributed by atoms with E-state index in [0.29, 0.717) is 23.1 Å². The summed E-state index contributed by atoms with van der Waals surface area (Å²) in [7, 11) is -1.59. The lowest BCUT2D eigenvalue weighted by molar-refractivity contribution is -0.134. The fraction of sp³-hybridized carbons (Fsp3) is 0.391. The van der Waals surface area contributed by atoms with Crippen LogP contribution in [-0.4, -0.2) is 71.2 Å². The Morgan fingerprint density at radius 1 is 1.24 bits per heavy atom. The summed E-state index contributed by atoms with van der Waals surface area (Å²) in [6.45, 7) is 3.47. The van der Waals surface area contributed by atoms with E-state index in [2.05, 4.69) is 5.10 Å². The van der Waals surface area contributed by atoms with Crippen LogP contribution in [0.2, 0.25) is 0 Å². The molecule has 174 valence electrons. The smallest absolute Gasteiger partial charge is 0.339 e. The standard InChI is InChI=1S/C23H26N4O5S/c1-15(2)27-22-19(12-24-27)18(11-20(25-22)16-7-5-4-6-8-16)23(29)32-13-21(28)26(3)17-9-10-33(30,31)14-17/h4-8,11-12,15,17H,9-10,13-14H2,1-3H3. The van der Waals surface area contributed by atoms with Gasteiger partial charge >= 0.3 is 5.97 Å². The number of carbonyl (C=O) groups excluding carboxylic acids is 2. The van der Waals surface area contributed by atoms with Crippen molar-refractivity contribution in [3.05, 3.63) is 48.2 Å². The van der Waals surface area contributed by atoms with Gasteiger partial charge in [-0.3, -0.25) is 4.79 Å². The van der Waals surface area contributed by atoms with Gasteiger partial charge in [0.25, 0.3) is 5.91 Å². The monoisotopic (exact) mass is 470 g/mol. The number of benzene rings is 1. The highest BCUT2D eigenvalue weighted by Crippen LogP contribution is 2.27. The average Bonchev–Trinajstić information content (AvgIpc) is 3.39. The zero-order valence-corrected chi connectivity index (χ0v) is 19.6. The van der Waals surface area contributed by atoms with Gasteiger partial charge in [-0.2, -0.15) is 5.10 Å². The van der Waals surface area contributed by atoms with Crippen LogP contribution in [0, 0.1) is 0 Å². The number of esters is 1. The summed E-state index contributed by atoms with van der Waals surface area (Å²) in [6.07, 6.45) is 1.96. The van der Waals surface area contributed by atoms with Crippen molar-refractivity contribution in [1.29, 1.82) is 0 Å². The van der Waals surface area contributed by atoms with Gasteiger partial charge in [0.1, 0.15) is 0 Å². The highest BCUT2D eigenvalue weighted by Gasteiger charge is 2.33. The molecule has 0 spiro atoms. The minimum absolute atomic E-state index is 0.0304. The minimum atomic E-state index is -3.13. The fourth-order valence-electron chi connectivity index (χ4n) is 3.91. The van der Waals surface area contributed by atoms with E-state index in [1.165, 1.54) is 11.9 Å². The lowest BCUT2D eigenvalue weighted by Gasteiger charge is -2.23. The lowest BCUT2D eigenvalue weighted by atomic mass is 10.1. The molecule has 10 heteroatoms. The average molecular weight is 471 g/mol. The molecule has 1 unspecified atom stereocenters. The number of amides is 1. The highest BCUT2D eigenvalue weighted by molar-refractivity contribution is 7.91. The fourth-order valence-corrected chi connectivity index (χ4v) is 5.69. The van der Waals surface area contributed by atoms with Crippen LogP contribution in [0.25, 0.3) is 22.3 Å². The molecule has 1 atom stereocenters. The Morgan fingerprint density at radius 2 is 1.97 bits per heavy atom. The van der Waals surface area contributed by atoms with Gasteiger partial charge in [0.05, 0.1) is 34.3 Å². The van der Waals surface area contributed by atoms with Gasteiger partial charge in [0.2, 0.25) is 0 Å². The number of pyridine rings is 1. The molecule has 1 saturated heterocycles. The van der Waals surface area contributed by atoms with E-state index in [1.807, 2.05) is 44.2 Å². The van der Waals surface area contributed by atoms with Gasteiger partial charge in [-0.25, -0.2) is 22.9 Å². The van der Waals surface area contributed by atoms with E-state index >= 15 is 0 Å². The number of carbonyl (C=O) groups is 2. The summed E-state index contributed by atoms with van der Waals surface area (Å²) in [6, 6.07) is 10.7. The van der Waals surface area contributed by atoms with Crippen LogP contribution < -0.4 is 0 Å². The Kier molecular flexibility index (Phi) is 6.20. The highest BCUT2D eigenvalue weighted by atomic mass is 32.2. The minimum Gasteiger partial charge on any atom is -0.452 e. The maximum absolute atomic E-state index is 13.0. The zero-order chi connectivity index (χ0) is 23.8. The van der Waals surface area contributed by atoms with Crippen LogP contribution in [0.4, 0.5) is 0 Å². The molecule has 33 heavy (non-hydrogen) atoms. The zero-order valence-electron chi connectivity index (χ0n) is 18.8. The van der Waals surface area contributed by atoms with E-state index < -0.39 is 34.4 Å². The van der Waals surface area contributed by atoms with Crippen molar-refractivity contribution in [2.24, 2.45) is 0 Å². The van der Waals surface area contributed by atoms with Gasteiger partial charge in [-0.05, 0) is 26.3 Å². The number of fused-ring (bicyclic) bond motifs is 1. The van der Waals surface area contributed by atoms with Crippen LogP contribution >= 0.6 is 0 Å². The molecule has 1 aliphatic heterocycles. The first-order chi connectivity index (χ1) is 15.7. The number of ether oxygens (including phenoxy) is 1. The Bertz CT molecular complexity index is 1300. The second-order valence-electron chi connectivity index (χ2n) is 8.48. The van der Waals surface area contributed by atoms with Crippen LogP contribution in [0.5, 0.6) is 0 Å². The molecule has 1 fully saturated rings. The first-order valence-electron chi connectivity index (χ1n) is 10.7. The number of nitrogens with zero attached hydrogens (tertiary/aromatic N) is 4. The summed E-state index contributed by atoms with van der Waals surface area (Å²) >= 11 is 0. The van der Waals surface area contributed by atoms with Crippen molar-refractivity contribution in [2.75, 3.05) is 25.2 Å². The van der Waals surface area contributed by atoms with Crippen LogP contribution in [0.1, 0.15) is 36.7 Å². The lowest BCUT2D eigenvalue weighted by Crippen LogP contribution is -2.40. The maximum Gasteiger partial charge on any atom is 0.339 e. The number of sulfone groups is 1. The van der Waals surface area contributed by atoms with Crippen molar-refractivity contribution < 1.29 is 22.7 Å². The second-order valence-corrected chi connectivity index (χ2v) is 10.7. The van der Waals surface area contributed by atoms with Crippen molar-refractivity contribution in [3.63, 3.8) is 0 Å².